The van der Waals surface area contributed by atoms with Crippen molar-refractivity contribution in [3.05, 3.63) is 79.6 Å². The summed E-state index contributed by atoms with van der Waals surface area (Å²) in [6.45, 7) is 3.30. The molecule has 8 rings (SSSR count). The second-order valence-electron chi connectivity index (χ2n) is 14.4. The topological polar surface area (TPSA) is 161 Å². The molecule has 11 heteroatoms. The van der Waals surface area contributed by atoms with Crippen molar-refractivity contribution >= 4 is 29.7 Å². The Balaban J connectivity index is 1.45. The number of rotatable bonds is 5. The number of ether oxygens (including phenoxy) is 4. The molecular weight excluding hydrogens is 654 g/mol. The Kier molecular flexibility index (Phi) is 8.47. The number of carbonyl (C=O) groups is 3. The highest BCUT2D eigenvalue weighted by Crippen LogP contribution is 2.60. The molecule has 1 fully saturated rings. The Labute approximate surface area is 294 Å². The van der Waals surface area contributed by atoms with Gasteiger partial charge in [-0.1, -0.05) is 23.8 Å². The number of carbonyl (C=O) groups excluding carboxylic acids is 3. The molecule has 0 amide bonds. The summed E-state index contributed by atoms with van der Waals surface area (Å²) < 4.78 is 25.0. The second-order valence-corrected chi connectivity index (χ2v) is 14.4. The van der Waals surface area contributed by atoms with Crippen LogP contribution in [0.25, 0.3) is 11.6 Å². The number of esters is 1. The number of aryl methyl sites for hydroxylation is 1. The summed E-state index contributed by atoms with van der Waals surface area (Å²) in [6.07, 6.45) is 8.02. The van der Waals surface area contributed by atoms with Crippen LogP contribution in [0.4, 0.5) is 0 Å². The predicted molar refractivity (Wildman–Crippen MR) is 184 cm³/mol. The van der Waals surface area contributed by atoms with E-state index in [-0.39, 0.29) is 72.8 Å². The van der Waals surface area contributed by atoms with Gasteiger partial charge in [0, 0.05) is 41.9 Å². The van der Waals surface area contributed by atoms with Crippen molar-refractivity contribution in [1.82, 2.24) is 0 Å². The van der Waals surface area contributed by atoms with Gasteiger partial charge in [0.2, 0.25) is 5.76 Å². The first-order chi connectivity index (χ1) is 24.7. The third-order valence-electron chi connectivity index (χ3n) is 11.2. The Morgan fingerprint density at radius 1 is 1.16 bits per heavy atom. The third kappa shape index (κ3) is 5.36. The zero-order valence-corrected chi connectivity index (χ0v) is 28.7. The molecule has 0 aromatic heterocycles. The zero-order valence-electron chi connectivity index (χ0n) is 28.7. The highest BCUT2D eigenvalue weighted by Gasteiger charge is 2.51. The standard InChI is InChI=1S/C40H41NO10/c1-3-48-39(46)36-27(17-43)31-23-8-9-30(45)26(14-23)25-13-22-10-12-41-29(22)15-21(25)7-6-20(16-42)19-49-37-32-24-5-4-11-40(2,47)38(24)51-34(32)28(18-44)35(50-36)33(31)37/h4-5,10,13,15,17,20,24,26,38,42,44,47H,3,6-9,11-12,14,16,18-19H2,1-2H3. The summed E-state index contributed by atoms with van der Waals surface area (Å²) in [6, 6.07) is 4.11. The number of aliphatic hydroxyl groups excluding tert-OH is 2. The van der Waals surface area contributed by atoms with Crippen LogP contribution in [0.3, 0.4) is 0 Å². The van der Waals surface area contributed by atoms with Gasteiger partial charge in [0.05, 0.1) is 48.4 Å². The van der Waals surface area contributed by atoms with E-state index in [0.717, 1.165) is 27.3 Å². The molecule has 0 radical (unpaired) electrons. The number of nitrogens with zero attached hydrogens (tertiary/aromatic N) is 1. The van der Waals surface area contributed by atoms with Crippen LogP contribution in [0.15, 0.2) is 46.2 Å². The van der Waals surface area contributed by atoms with Gasteiger partial charge < -0.3 is 34.3 Å². The fourth-order valence-electron chi connectivity index (χ4n) is 8.65. The summed E-state index contributed by atoms with van der Waals surface area (Å²) in [5.41, 5.74) is 2.94. The number of fused-ring (bicyclic) bond motifs is 9. The number of hydrogen-bond donors (Lipinski definition) is 3. The van der Waals surface area contributed by atoms with E-state index in [1.165, 1.54) is 0 Å². The average molecular weight is 696 g/mol. The lowest BCUT2D eigenvalue weighted by Crippen LogP contribution is -2.45. The average Bonchev–Trinajstić information content (AvgIpc) is 3.75. The molecule has 6 aliphatic rings. The summed E-state index contributed by atoms with van der Waals surface area (Å²) >= 11 is 0. The van der Waals surface area contributed by atoms with Gasteiger partial charge in [-0.25, -0.2) is 4.79 Å². The minimum atomic E-state index is -1.26. The van der Waals surface area contributed by atoms with Crippen molar-refractivity contribution in [2.45, 2.75) is 82.5 Å². The SMILES string of the molecule is CCOC(=O)C1=C(C=O)C2=C3CCC(=O)C(C3)c3cc4c(cc3CCC(CO)COc3c2c(c(CO)c2c3C3C=CCC(C)(O)C3O2)O1)=NCC=4. The first-order valence-corrected chi connectivity index (χ1v) is 17.8. The normalized spacial score (nSPS) is 27.4. The molecule has 1 saturated carbocycles. The molecule has 5 unspecified atom stereocenters. The van der Waals surface area contributed by atoms with Crippen LogP contribution in [-0.4, -0.2) is 71.4 Å². The Hall–Kier alpha value is -4.58. The van der Waals surface area contributed by atoms with Crippen molar-refractivity contribution in [1.29, 1.82) is 0 Å². The van der Waals surface area contributed by atoms with Gasteiger partial charge in [-0.2, -0.15) is 0 Å². The molecule has 4 heterocycles. The zero-order chi connectivity index (χ0) is 35.6. The maximum absolute atomic E-state index is 13.9. The highest BCUT2D eigenvalue weighted by molar-refractivity contribution is 6.11. The molecular formula is C40H41NO10. The van der Waals surface area contributed by atoms with Crippen LogP contribution < -0.4 is 24.8 Å². The minimum Gasteiger partial charge on any atom is -0.492 e. The number of hydrogen-bond acceptors (Lipinski definition) is 11. The summed E-state index contributed by atoms with van der Waals surface area (Å²) in [7, 11) is 0. The van der Waals surface area contributed by atoms with Crippen LogP contribution >= 0.6 is 0 Å². The fourth-order valence-corrected chi connectivity index (χ4v) is 8.65. The fraction of sp³-hybridized carbons (Fsp3) is 0.450. The smallest absolute Gasteiger partial charge is 0.375 e. The van der Waals surface area contributed by atoms with Crippen molar-refractivity contribution in [2.24, 2.45) is 10.9 Å². The summed E-state index contributed by atoms with van der Waals surface area (Å²) in [5, 5.41) is 34.9. The molecule has 0 spiro atoms. The second kappa shape index (κ2) is 12.9. The molecule has 5 atom stereocenters. The molecule has 2 bridgehead atoms. The Morgan fingerprint density at radius 3 is 2.76 bits per heavy atom. The van der Waals surface area contributed by atoms with E-state index in [1.54, 1.807) is 13.8 Å². The Bertz CT molecular complexity index is 2090. The molecule has 2 aliphatic carbocycles. The first-order valence-electron chi connectivity index (χ1n) is 17.8. The van der Waals surface area contributed by atoms with E-state index in [4.69, 9.17) is 18.9 Å². The van der Waals surface area contributed by atoms with Crippen molar-refractivity contribution in [3.8, 4) is 17.2 Å². The van der Waals surface area contributed by atoms with E-state index in [2.05, 4.69) is 11.1 Å². The lowest BCUT2D eigenvalue weighted by Gasteiger charge is -2.34. The van der Waals surface area contributed by atoms with E-state index in [1.807, 2.05) is 24.3 Å². The maximum atomic E-state index is 13.9. The van der Waals surface area contributed by atoms with Gasteiger partial charge >= 0.3 is 5.97 Å². The van der Waals surface area contributed by atoms with Crippen molar-refractivity contribution < 1.29 is 48.7 Å². The molecule has 3 N–H and O–H groups in total. The van der Waals surface area contributed by atoms with Gasteiger partial charge in [-0.3, -0.25) is 14.6 Å². The number of allylic oxidation sites excluding steroid dienone is 3. The van der Waals surface area contributed by atoms with Crippen molar-refractivity contribution in [3.63, 3.8) is 0 Å². The Morgan fingerprint density at radius 2 is 2.00 bits per heavy atom. The molecule has 266 valence electrons. The van der Waals surface area contributed by atoms with Gasteiger partial charge in [0.25, 0.3) is 0 Å². The monoisotopic (exact) mass is 695 g/mol. The van der Waals surface area contributed by atoms with Gasteiger partial charge in [-0.15, -0.1) is 0 Å². The maximum Gasteiger partial charge on any atom is 0.375 e. The quantitative estimate of drug-likeness (QED) is 0.241. The summed E-state index contributed by atoms with van der Waals surface area (Å²) in [5.74, 6) is -1.75. The number of aldehydes is 1. The first kappa shape index (κ1) is 33.6. The van der Waals surface area contributed by atoms with Crippen molar-refractivity contribution in [2.75, 3.05) is 26.4 Å². The number of Topliss-reactive ketones (excluding diaryl/α,β-unsaturated/α-hetero) is 1. The molecule has 0 saturated heterocycles. The lowest BCUT2D eigenvalue weighted by molar-refractivity contribution is -0.141. The van der Waals surface area contributed by atoms with Crippen LogP contribution in [0.5, 0.6) is 17.2 Å². The number of aliphatic hydroxyl groups is 3. The third-order valence-corrected chi connectivity index (χ3v) is 11.2. The molecule has 2 aromatic rings. The van der Waals surface area contributed by atoms with Crippen LogP contribution in [0.2, 0.25) is 0 Å². The lowest BCUT2D eigenvalue weighted by atomic mass is 9.73. The van der Waals surface area contributed by atoms with Gasteiger partial charge in [0.1, 0.15) is 34.7 Å². The van der Waals surface area contributed by atoms with Crippen LogP contribution in [0.1, 0.15) is 85.6 Å². The minimum absolute atomic E-state index is 0.0272. The molecule has 11 nitrogen and oxygen atoms in total. The highest BCUT2D eigenvalue weighted by atomic mass is 16.6. The van der Waals surface area contributed by atoms with Gasteiger partial charge in [-0.05, 0) is 74.4 Å². The van der Waals surface area contributed by atoms with Crippen LogP contribution in [0, 0.1) is 5.92 Å². The van der Waals surface area contributed by atoms with E-state index in [0.29, 0.717) is 61.0 Å². The number of ketones is 1. The van der Waals surface area contributed by atoms with E-state index >= 15 is 0 Å². The predicted octanol–water partition coefficient (Wildman–Crippen LogP) is 2.78. The molecule has 51 heavy (non-hydrogen) atoms. The van der Waals surface area contributed by atoms with Gasteiger partial charge in [0.15, 0.2) is 6.29 Å². The molecule has 4 aliphatic heterocycles. The largest absolute Gasteiger partial charge is 0.492 e. The summed E-state index contributed by atoms with van der Waals surface area (Å²) in [4.78, 5) is 45.3. The molecule has 2 aromatic carbocycles. The van der Waals surface area contributed by atoms with Crippen LogP contribution in [-0.2, 0) is 32.1 Å². The number of benzene rings is 2. The van der Waals surface area contributed by atoms with E-state index < -0.39 is 36.1 Å². The van der Waals surface area contributed by atoms with E-state index in [9.17, 15) is 29.7 Å².